The molecule has 0 saturated carbocycles. The highest BCUT2D eigenvalue weighted by Crippen LogP contribution is 1.98. The molecule has 0 radical (unpaired) electrons. The molecule has 42 valence electrons. The Kier molecular flexibility index (Phi) is 2.55. The molecule has 1 fully saturated rings. The summed E-state index contributed by atoms with van der Waals surface area (Å²) in [6, 6.07) is 0. The number of hydrogen-bond acceptors (Lipinski definition) is 3. The van der Waals surface area contributed by atoms with E-state index in [-0.39, 0.29) is 0 Å². The van der Waals surface area contributed by atoms with Crippen molar-refractivity contribution in [1.82, 2.24) is 5.32 Å². The van der Waals surface area contributed by atoms with E-state index in [1.165, 1.54) is 0 Å². The predicted octanol–water partition coefficient (Wildman–Crippen LogP) is 0.254. The molecule has 0 aromatic heterocycles. The number of nitrogens with one attached hydrogen (secondary N) is 1. The van der Waals surface area contributed by atoms with E-state index in [4.69, 9.17) is 4.74 Å². The van der Waals surface area contributed by atoms with Crippen LogP contribution in [0.2, 0.25) is 0 Å². The Morgan fingerprint density at radius 3 is 3.57 bits per heavy atom. The summed E-state index contributed by atoms with van der Waals surface area (Å²) >= 11 is 1.88. The second-order valence-corrected chi connectivity index (χ2v) is 2.46. The molecule has 7 heavy (non-hydrogen) atoms. The Morgan fingerprint density at radius 1 is 1.57 bits per heavy atom. The highest BCUT2D eigenvalue weighted by Gasteiger charge is 1.93. The lowest BCUT2D eigenvalue weighted by atomic mass is 10.9. The second-order valence-electron chi connectivity index (χ2n) is 1.36. The van der Waals surface area contributed by atoms with Gasteiger partial charge in [0.2, 0.25) is 0 Å². The van der Waals surface area contributed by atoms with Crippen LogP contribution in [-0.2, 0) is 4.74 Å². The van der Waals surface area contributed by atoms with Crippen molar-refractivity contribution in [3.05, 3.63) is 0 Å². The second kappa shape index (κ2) is 3.29. The van der Waals surface area contributed by atoms with Gasteiger partial charge in [-0.3, -0.25) is 5.32 Å². The van der Waals surface area contributed by atoms with Crippen molar-refractivity contribution in [1.29, 1.82) is 0 Å². The van der Waals surface area contributed by atoms with Crippen molar-refractivity contribution < 1.29 is 4.74 Å². The van der Waals surface area contributed by atoms with Crippen LogP contribution in [0.4, 0.5) is 0 Å². The van der Waals surface area contributed by atoms with Crippen LogP contribution in [-0.4, -0.2) is 25.0 Å². The lowest BCUT2D eigenvalue weighted by molar-refractivity contribution is 0.139. The van der Waals surface area contributed by atoms with Crippen LogP contribution < -0.4 is 5.32 Å². The Hall–Kier alpha value is 0.270. The third kappa shape index (κ3) is 2.16. The third-order valence-corrected chi connectivity index (χ3v) is 1.64. The maximum atomic E-state index is 5.06. The minimum atomic E-state index is 0.729. The van der Waals surface area contributed by atoms with Gasteiger partial charge in [0.15, 0.2) is 0 Å². The molecule has 3 heteroatoms. The largest absolute Gasteiger partial charge is 0.365 e. The molecule has 0 spiro atoms. The summed E-state index contributed by atoms with van der Waals surface area (Å²) in [4.78, 5) is 0. The Balaban J connectivity index is 2.04. The topological polar surface area (TPSA) is 21.3 Å². The number of hydrogen-bond donors (Lipinski definition) is 1. The van der Waals surface area contributed by atoms with Crippen molar-refractivity contribution in [2.45, 2.75) is 0 Å². The monoisotopic (exact) mass is 119 g/mol. The molecule has 1 saturated heterocycles. The summed E-state index contributed by atoms with van der Waals surface area (Å²) in [5, 5.41) is 3.09. The van der Waals surface area contributed by atoms with E-state index in [2.05, 4.69) is 5.32 Å². The normalized spacial score (nSPS) is 24.0. The molecule has 0 unspecified atom stereocenters. The van der Waals surface area contributed by atoms with E-state index in [0.717, 1.165) is 25.0 Å². The van der Waals surface area contributed by atoms with Crippen LogP contribution in [0, 0.1) is 0 Å². The van der Waals surface area contributed by atoms with Crippen molar-refractivity contribution in [2.24, 2.45) is 0 Å². The first-order valence-corrected chi connectivity index (χ1v) is 3.52. The van der Waals surface area contributed by atoms with E-state index < -0.39 is 0 Å². The summed E-state index contributed by atoms with van der Waals surface area (Å²) in [7, 11) is 0. The van der Waals surface area contributed by atoms with Gasteiger partial charge in [-0.05, 0) is 0 Å². The average molecular weight is 119 g/mol. The molecule has 0 aromatic carbocycles. The molecular formula is C4H9NOS. The van der Waals surface area contributed by atoms with Gasteiger partial charge in [-0.25, -0.2) is 0 Å². The molecule has 0 bridgehead atoms. The molecule has 0 aliphatic carbocycles. The molecule has 1 aliphatic rings. The molecule has 0 atom stereocenters. The van der Waals surface area contributed by atoms with Crippen LogP contribution in [0.5, 0.6) is 0 Å². The van der Waals surface area contributed by atoms with Crippen LogP contribution in [0.15, 0.2) is 0 Å². The zero-order chi connectivity index (χ0) is 4.95. The van der Waals surface area contributed by atoms with Crippen molar-refractivity contribution >= 4 is 11.8 Å². The van der Waals surface area contributed by atoms with Gasteiger partial charge in [0.05, 0.1) is 13.3 Å². The van der Waals surface area contributed by atoms with E-state index in [1.54, 1.807) is 0 Å². The molecular weight excluding hydrogens is 110 g/mol. The smallest absolute Gasteiger partial charge is 0.0972 e. The average Bonchev–Trinajstić information content (AvgIpc) is 1.90. The van der Waals surface area contributed by atoms with E-state index >= 15 is 0 Å². The van der Waals surface area contributed by atoms with Gasteiger partial charge >= 0.3 is 0 Å². The minimum Gasteiger partial charge on any atom is -0.365 e. The first kappa shape index (κ1) is 5.41. The van der Waals surface area contributed by atoms with Gasteiger partial charge in [0, 0.05) is 11.6 Å². The standard InChI is InChI=1S/C4H9NOS/c1-2-7-4-5-3-6-1/h5H,1-4H2. The van der Waals surface area contributed by atoms with Crippen LogP contribution in [0.25, 0.3) is 0 Å². The van der Waals surface area contributed by atoms with Crippen LogP contribution in [0.3, 0.4) is 0 Å². The predicted molar refractivity (Wildman–Crippen MR) is 31.3 cm³/mol. The van der Waals surface area contributed by atoms with E-state index in [9.17, 15) is 0 Å². The van der Waals surface area contributed by atoms with Crippen molar-refractivity contribution in [2.75, 3.05) is 25.0 Å². The Morgan fingerprint density at radius 2 is 2.57 bits per heavy atom. The summed E-state index contributed by atoms with van der Waals surface area (Å²) in [5.74, 6) is 2.17. The zero-order valence-electron chi connectivity index (χ0n) is 4.14. The lowest BCUT2D eigenvalue weighted by Gasteiger charge is -1.93. The lowest BCUT2D eigenvalue weighted by Crippen LogP contribution is -2.13. The fraction of sp³-hybridized carbons (Fsp3) is 1.00. The van der Waals surface area contributed by atoms with Gasteiger partial charge in [-0.15, -0.1) is 11.8 Å². The zero-order valence-corrected chi connectivity index (χ0v) is 4.96. The van der Waals surface area contributed by atoms with E-state index in [0.29, 0.717) is 0 Å². The number of ether oxygens (including phenoxy) is 1. The maximum Gasteiger partial charge on any atom is 0.0972 e. The Labute approximate surface area is 47.6 Å². The van der Waals surface area contributed by atoms with Crippen molar-refractivity contribution in [3.63, 3.8) is 0 Å². The molecule has 2 nitrogen and oxygen atoms in total. The molecule has 1 rings (SSSR count). The first-order valence-electron chi connectivity index (χ1n) is 2.36. The molecule has 0 amide bonds. The molecule has 0 aromatic rings. The SMILES string of the molecule is C1CSCNCO1. The van der Waals surface area contributed by atoms with Gasteiger partial charge in [0.1, 0.15) is 0 Å². The minimum absolute atomic E-state index is 0.729. The first-order chi connectivity index (χ1) is 3.50. The fourth-order valence-electron chi connectivity index (χ4n) is 0.448. The van der Waals surface area contributed by atoms with Gasteiger partial charge in [0.25, 0.3) is 0 Å². The van der Waals surface area contributed by atoms with Crippen LogP contribution >= 0.6 is 11.8 Å². The van der Waals surface area contributed by atoms with E-state index in [1.807, 2.05) is 11.8 Å². The van der Waals surface area contributed by atoms with Crippen molar-refractivity contribution in [3.8, 4) is 0 Å². The third-order valence-electron chi connectivity index (χ3n) is 0.780. The van der Waals surface area contributed by atoms with Crippen LogP contribution in [0.1, 0.15) is 0 Å². The molecule has 1 N–H and O–H groups in total. The summed E-state index contributed by atoms with van der Waals surface area (Å²) in [6.45, 7) is 1.63. The van der Waals surface area contributed by atoms with Gasteiger partial charge in [-0.2, -0.15) is 0 Å². The number of rotatable bonds is 0. The quantitative estimate of drug-likeness (QED) is 0.494. The molecule has 1 aliphatic heterocycles. The summed E-state index contributed by atoms with van der Waals surface area (Å²) < 4.78 is 5.06. The maximum absolute atomic E-state index is 5.06. The molecule has 1 heterocycles. The summed E-state index contributed by atoms with van der Waals surface area (Å²) in [6.07, 6.45) is 0. The highest BCUT2D eigenvalue weighted by molar-refractivity contribution is 7.99. The Bertz CT molecular complexity index is 31.3. The summed E-state index contributed by atoms with van der Waals surface area (Å²) in [5.41, 5.74) is 0. The fourth-order valence-corrected chi connectivity index (χ4v) is 1.06. The van der Waals surface area contributed by atoms with Gasteiger partial charge < -0.3 is 4.74 Å². The highest BCUT2D eigenvalue weighted by atomic mass is 32.2. The van der Waals surface area contributed by atoms with Gasteiger partial charge in [-0.1, -0.05) is 0 Å². The number of thioether (sulfide) groups is 1.